The highest BCUT2D eigenvalue weighted by atomic mass is 32.2. The van der Waals surface area contributed by atoms with Gasteiger partial charge in [0, 0.05) is 57.9 Å². The van der Waals surface area contributed by atoms with Gasteiger partial charge in [-0.15, -0.1) is 0 Å². The monoisotopic (exact) mass is 472 g/mol. The zero-order valence-corrected chi connectivity index (χ0v) is 20.8. The molecule has 0 radical (unpaired) electrons. The molecule has 0 unspecified atom stereocenters. The van der Waals surface area contributed by atoms with Crippen LogP contribution in [0.25, 0.3) is 0 Å². The van der Waals surface area contributed by atoms with Crippen molar-refractivity contribution < 1.29 is 13.2 Å². The smallest absolute Gasteiger partial charge is 0.243 e. The molecule has 2 aromatic carbocycles. The third-order valence-electron chi connectivity index (χ3n) is 6.12. The van der Waals surface area contributed by atoms with Gasteiger partial charge in [-0.05, 0) is 48.9 Å². The number of benzene rings is 2. The number of rotatable bonds is 10. The molecule has 1 saturated heterocycles. The average Bonchev–Trinajstić information content (AvgIpc) is 2.80. The summed E-state index contributed by atoms with van der Waals surface area (Å²) >= 11 is 0. The van der Waals surface area contributed by atoms with Gasteiger partial charge in [0.2, 0.25) is 15.9 Å². The molecule has 0 aliphatic carbocycles. The molecular weight excluding hydrogens is 436 g/mol. The lowest BCUT2D eigenvalue weighted by Gasteiger charge is -2.32. The minimum absolute atomic E-state index is 0.0495. The molecule has 1 amide bonds. The van der Waals surface area contributed by atoms with Gasteiger partial charge in [0.15, 0.2) is 0 Å². The lowest BCUT2D eigenvalue weighted by molar-refractivity contribution is -0.116. The van der Waals surface area contributed by atoms with Crippen molar-refractivity contribution in [3.8, 4) is 0 Å². The van der Waals surface area contributed by atoms with Crippen molar-refractivity contribution in [2.45, 2.75) is 38.1 Å². The van der Waals surface area contributed by atoms with Gasteiger partial charge < -0.3 is 10.2 Å². The zero-order valence-electron chi connectivity index (χ0n) is 20.0. The van der Waals surface area contributed by atoms with Crippen LogP contribution in [0, 0.1) is 0 Å². The highest BCUT2D eigenvalue weighted by molar-refractivity contribution is 7.89. The summed E-state index contributed by atoms with van der Waals surface area (Å²) in [4.78, 5) is 17.5. The van der Waals surface area contributed by atoms with Gasteiger partial charge in [-0.1, -0.05) is 38.1 Å². The number of aryl methyl sites for hydroxylation is 1. The second-order valence-corrected chi connectivity index (χ2v) is 10.5. The molecule has 8 heteroatoms. The first-order chi connectivity index (χ1) is 15.8. The van der Waals surface area contributed by atoms with Crippen molar-refractivity contribution in [1.29, 1.82) is 0 Å². The summed E-state index contributed by atoms with van der Waals surface area (Å²) in [5, 5.41) is 2.99. The van der Waals surface area contributed by atoms with Crippen LogP contribution in [0.3, 0.4) is 0 Å². The number of nitrogens with zero attached hydrogens (tertiary/aromatic N) is 3. The van der Waals surface area contributed by atoms with E-state index in [1.807, 2.05) is 32.0 Å². The van der Waals surface area contributed by atoms with Crippen LogP contribution in [0.15, 0.2) is 53.4 Å². The number of carbonyl (C=O) groups excluding carboxylic acids is 1. The normalized spacial score (nSPS) is 15.6. The maximum Gasteiger partial charge on any atom is 0.243 e. The van der Waals surface area contributed by atoms with Crippen molar-refractivity contribution in [2.24, 2.45) is 0 Å². The molecule has 180 valence electrons. The molecule has 1 heterocycles. The Bertz CT molecular complexity index is 1010. The fourth-order valence-electron chi connectivity index (χ4n) is 4.03. The Morgan fingerprint density at radius 2 is 1.64 bits per heavy atom. The highest BCUT2D eigenvalue weighted by Gasteiger charge is 2.21. The molecule has 0 atom stereocenters. The number of piperazine rings is 1. The molecular formula is C25H36N4O3S. The van der Waals surface area contributed by atoms with E-state index < -0.39 is 10.0 Å². The van der Waals surface area contributed by atoms with Crippen LogP contribution in [0.4, 0.5) is 5.69 Å². The van der Waals surface area contributed by atoms with Crippen molar-refractivity contribution in [3.63, 3.8) is 0 Å². The van der Waals surface area contributed by atoms with E-state index in [2.05, 4.69) is 28.2 Å². The largest absolute Gasteiger partial charge is 0.326 e. The summed E-state index contributed by atoms with van der Waals surface area (Å²) in [7, 11) is -1.31. The number of likely N-dealkylation sites (N-methyl/N-ethyl adjacent to an activating group) is 1. The molecule has 3 rings (SSSR count). The van der Waals surface area contributed by atoms with Gasteiger partial charge in [0.05, 0.1) is 4.90 Å². The third kappa shape index (κ3) is 7.11. The molecule has 0 saturated carbocycles. The average molecular weight is 473 g/mol. The summed E-state index contributed by atoms with van der Waals surface area (Å²) < 4.78 is 26.6. The molecule has 0 spiro atoms. The molecule has 1 N–H and O–H groups in total. The summed E-state index contributed by atoms with van der Waals surface area (Å²) in [6.45, 7) is 9.71. The number of nitrogens with one attached hydrogen (secondary N) is 1. The second-order valence-electron chi connectivity index (χ2n) is 8.56. The Morgan fingerprint density at radius 1 is 0.970 bits per heavy atom. The predicted molar refractivity (Wildman–Crippen MR) is 133 cm³/mol. The lowest BCUT2D eigenvalue weighted by atomic mass is 10.1. The van der Waals surface area contributed by atoms with Gasteiger partial charge in [-0.25, -0.2) is 8.42 Å². The molecule has 1 aliphatic rings. The number of carbonyl (C=O) groups is 1. The third-order valence-corrected chi connectivity index (χ3v) is 8.18. The van der Waals surface area contributed by atoms with Crippen molar-refractivity contribution >= 4 is 21.6 Å². The lowest BCUT2D eigenvalue weighted by Crippen LogP contribution is -2.43. The minimum Gasteiger partial charge on any atom is -0.326 e. The fourth-order valence-corrected chi connectivity index (χ4v) is 5.49. The van der Waals surface area contributed by atoms with Gasteiger partial charge >= 0.3 is 0 Å². The zero-order chi connectivity index (χ0) is 23.8. The maximum atomic E-state index is 12.6. The van der Waals surface area contributed by atoms with E-state index in [1.165, 1.54) is 9.87 Å². The standard InChI is InChI=1S/C25H36N4O3S/c1-4-29(5-2)33(31,32)24-12-9-21(10-13-24)11-14-25(30)26-23-8-6-7-22(19-23)20-28-17-15-27(3)16-18-28/h6-10,12-13,19H,4-5,11,14-18,20H2,1-3H3,(H,26,30). The predicted octanol–water partition coefficient (Wildman–Crippen LogP) is 3.04. The fraction of sp³-hybridized carbons (Fsp3) is 0.480. The van der Waals surface area contributed by atoms with E-state index in [4.69, 9.17) is 0 Å². The summed E-state index contributed by atoms with van der Waals surface area (Å²) in [6.07, 6.45) is 0.892. The van der Waals surface area contributed by atoms with Gasteiger partial charge in [-0.2, -0.15) is 4.31 Å². The van der Waals surface area contributed by atoms with Crippen molar-refractivity contribution in [1.82, 2.24) is 14.1 Å². The number of anilines is 1. The first-order valence-corrected chi connectivity index (χ1v) is 13.1. The first-order valence-electron chi connectivity index (χ1n) is 11.7. The van der Waals surface area contributed by atoms with E-state index in [9.17, 15) is 13.2 Å². The molecule has 0 bridgehead atoms. The summed E-state index contributed by atoms with van der Waals surface area (Å²) in [5.74, 6) is -0.0495. The van der Waals surface area contributed by atoms with Crippen LogP contribution >= 0.6 is 0 Å². The maximum absolute atomic E-state index is 12.6. The number of hydrogen-bond acceptors (Lipinski definition) is 5. The van der Waals surface area contributed by atoms with Crippen LogP contribution in [0.5, 0.6) is 0 Å². The Kier molecular flexibility index (Phi) is 9.02. The van der Waals surface area contributed by atoms with Crippen molar-refractivity contribution in [3.05, 3.63) is 59.7 Å². The molecule has 2 aromatic rings. The van der Waals surface area contributed by atoms with Gasteiger partial charge in [0.1, 0.15) is 0 Å². The van der Waals surface area contributed by atoms with Crippen molar-refractivity contribution in [2.75, 3.05) is 51.6 Å². The number of sulfonamides is 1. The number of hydrogen-bond donors (Lipinski definition) is 1. The second kappa shape index (κ2) is 11.7. The Morgan fingerprint density at radius 3 is 2.27 bits per heavy atom. The van der Waals surface area contributed by atoms with Crippen LogP contribution in [0.2, 0.25) is 0 Å². The highest BCUT2D eigenvalue weighted by Crippen LogP contribution is 2.18. The van der Waals surface area contributed by atoms with Crippen LogP contribution in [-0.2, 0) is 27.8 Å². The Labute approximate surface area is 198 Å². The van der Waals surface area contributed by atoms with Crippen LogP contribution in [-0.4, -0.2) is 74.7 Å². The van der Waals surface area contributed by atoms with E-state index >= 15 is 0 Å². The van der Waals surface area contributed by atoms with Gasteiger partial charge in [0.25, 0.3) is 0 Å². The summed E-state index contributed by atoms with van der Waals surface area (Å²) in [6, 6.07) is 14.9. The first kappa shape index (κ1) is 25.4. The SMILES string of the molecule is CCN(CC)S(=O)(=O)c1ccc(CCC(=O)Nc2cccc(CN3CCN(C)CC3)c2)cc1. The summed E-state index contributed by atoms with van der Waals surface area (Å²) in [5.41, 5.74) is 2.95. The molecule has 0 aromatic heterocycles. The van der Waals surface area contributed by atoms with E-state index in [0.717, 1.165) is 44.0 Å². The molecule has 33 heavy (non-hydrogen) atoms. The Hall–Kier alpha value is -2.26. The van der Waals surface area contributed by atoms with Gasteiger partial charge in [-0.3, -0.25) is 9.69 Å². The van der Waals surface area contributed by atoms with Crippen LogP contribution < -0.4 is 5.32 Å². The van der Waals surface area contributed by atoms with E-state index in [0.29, 0.717) is 25.9 Å². The molecule has 1 fully saturated rings. The molecule has 7 nitrogen and oxygen atoms in total. The van der Waals surface area contributed by atoms with E-state index in [1.54, 1.807) is 24.3 Å². The topological polar surface area (TPSA) is 73.0 Å². The molecule has 1 aliphatic heterocycles. The number of amides is 1. The Balaban J connectivity index is 1.51. The van der Waals surface area contributed by atoms with E-state index in [-0.39, 0.29) is 10.8 Å². The minimum atomic E-state index is -3.46. The quantitative estimate of drug-likeness (QED) is 0.575. The van der Waals surface area contributed by atoms with Crippen LogP contribution in [0.1, 0.15) is 31.4 Å².